The second-order valence-corrected chi connectivity index (χ2v) is 6.60. The van der Waals surface area contributed by atoms with Gasteiger partial charge in [0, 0.05) is 31.9 Å². The van der Waals surface area contributed by atoms with E-state index in [1.54, 1.807) is 11.0 Å². The maximum atomic E-state index is 12.9. The van der Waals surface area contributed by atoms with Crippen molar-refractivity contribution in [3.63, 3.8) is 0 Å². The molecular weight excluding hydrogens is 355 g/mol. The number of alkyl halides is 3. The summed E-state index contributed by atoms with van der Waals surface area (Å²) < 4.78 is 38.7. The molecule has 144 valence electrons. The predicted octanol–water partition coefficient (Wildman–Crippen LogP) is 4.30. The first kappa shape index (κ1) is 19.1. The van der Waals surface area contributed by atoms with E-state index in [4.69, 9.17) is 0 Å². The summed E-state index contributed by atoms with van der Waals surface area (Å²) in [6.45, 7) is 3.84. The molecule has 0 spiro atoms. The van der Waals surface area contributed by atoms with Gasteiger partial charge in [0.1, 0.15) is 0 Å². The van der Waals surface area contributed by atoms with E-state index in [1.165, 1.54) is 6.07 Å². The highest BCUT2D eigenvalue weighted by Gasteiger charge is 2.31. The maximum absolute atomic E-state index is 12.9. The number of hydrogen-bond acceptors (Lipinski definition) is 2. The summed E-state index contributed by atoms with van der Waals surface area (Å²) in [5.74, 6) is 0. The van der Waals surface area contributed by atoms with Crippen molar-refractivity contribution in [2.24, 2.45) is 0 Å². The van der Waals surface area contributed by atoms with Crippen molar-refractivity contribution in [2.45, 2.75) is 19.1 Å². The lowest BCUT2D eigenvalue weighted by Crippen LogP contribution is -2.52. The number of nitrogens with one attached hydrogen (secondary N) is 1. The molecule has 1 heterocycles. The standard InChI is InChI=1S/C20H22F3N3O/c1-15(16-6-3-2-4-7-16)24-19(27)26-12-10-25(11-13-26)18-9-5-8-17(14-18)20(21,22)23/h2-9,14-15H,10-13H2,1H3,(H,24,27). The van der Waals surface area contributed by atoms with Gasteiger partial charge in [-0.15, -0.1) is 0 Å². The Kier molecular flexibility index (Phi) is 5.58. The zero-order valence-corrected chi connectivity index (χ0v) is 15.0. The summed E-state index contributed by atoms with van der Waals surface area (Å²) in [6.07, 6.45) is -4.36. The Hall–Kier alpha value is -2.70. The molecule has 4 nitrogen and oxygen atoms in total. The summed E-state index contributed by atoms with van der Waals surface area (Å²) in [6, 6.07) is 14.7. The van der Waals surface area contributed by atoms with Gasteiger partial charge in [-0.1, -0.05) is 36.4 Å². The van der Waals surface area contributed by atoms with E-state index in [0.29, 0.717) is 31.9 Å². The second kappa shape index (κ2) is 7.90. The molecule has 1 aliphatic heterocycles. The van der Waals surface area contributed by atoms with Crippen LogP contribution in [0.15, 0.2) is 54.6 Å². The minimum atomic E-state index is -4.36. The third kappa shape index (κ3) is 4.72. The van der Waals surface area contributed by atoms with Crippen molar-refractivity contribution in [3.8, 4) is 0 Å². The highest BCUT2D eigenvalue weighted by Crippen LogP contribution is 2.31. The summed E-state index contributed by atoms with van der Waals surface area (Å²) in [5, 5.41) is 2.97. The molecule has 2 aromatic carbocycles. The van der Waals surface area contributed by atoms with Gasteiger partial charge >= 0.3 is 12.2 Å². The van der Waals surface area contributed by atoms with Crippen LogP contribution in [0, 0.1) is 0 Å². The van der Waals surface area contributed by atoms with Crippen LogP contribution in [-0.4, -0.2) is 37.1 Å². The van der Waals surface area contributed by atoms with Crippen LogP contribution < -0.4 is 10.2 Å². The first-order valence-corrected chi connectivity index (χ1v) is 8.87. The molecule has 0 bridgehead atoms. The predicted molar refractivity (Wildman–Crippen MR) is 98.6 cm³/mol. The summed E-state index contributed by atoms with van der Waals surface area (Å²) in [7, 11) is 0. The Balaban J connectivity index is 1.56. The van der Waals surface area contributed by atoms with Gasteiger partial charge in [0.15, 0.2) is 0 Å². The largest absolute Gasteiger partial charge is 0.416 e. The molecule has 7 heteroatoms. The molecule has 1 saturated heterocycles. The van der Waals surface area contributed by atoms with Gasteiger partial charge < -0.3 is 15.1 Å². The fraction of sp³-hybridized carbons (Fsp3) is 0.350. The number of nitrogens with zero attached hydrogens (tertiary/aromatic N) is 2. The molecule has 2 amide bonds. The molecule has 1 unspecified atom stereocenters. The van der Waals surface area contributed by atoms with Crippen LogP contribution in [0.5, 0.6) is 0 Å². The molecule has 27 heavy (non-hydrogen) atoms. The zero-order chi connectivity index (χ0) is 19.4. The number of carbonyl (C=O) groups excluding carboxylic acids is 1. The summed E-state index contributed by atoms with van der Waals surface area (Å²) in [5.41, 5.74) is 0.896. The molecule has 2 aromatic rings. The third-order valence-corrected chi connectivity index (χ3v) is 4.75. The number of urea groups is 1. The first-order valence-electron chi connectivity index (χ1n) is 8.87. The van der Waals surface area contributed by atoms with E-state index >= 15 is 0 Å². The molecule has 1 fully saturated rings. The van der Waals surface area contributed by atoms with Gasteiger partial charge in [0.25, 0.3) is 0 Å². The first-order chi connectivity index (χ1) is 12.8. The molecular formula is C20H22F3N3O. The van der Waals surface area contributed by atoms with Crippen LogP contribution in [0.3, 0.4) is 0 Å². The van der Waals surface area contributed by atoms with Gasteiger partial charge in [0.05, 0.1) is 11.6 Å². The Morgan fingerprint density at radius 1 is 1.00 bits per heavy atom. The molecule has 0 saturated carbocycles. The van der Waals surface area contributed by atoms with Crippen molar-refractivity contribution in [3.05, 3.63) is 65.7 Å². The third-order valence-electron chi connectivity index (χ3n) is 4.75. The molecule has 1 aliphatic rings. The van der Waals surface area contributed by atoms with Gasteiger partial charge in [-0.25, -0.2) is 4.79 Å². The van der Waals surface area contributed by atoms with Crippen molar-refractivity contribution in [1.29, 1.82) is 0 Å². The van der Waals surface area contributed by atoms with E-state index in [1.807, 2.05) is 42.2 Å². The van der Waals surface area contributed by atoms with E-state index in [2.05, 4.69) is 5.32 Å². The number of halogens is 3. The SMILES string of the molecule is CC(NC(=O)N1CCN(c2cccc(C(F)(F)F)c2)CC1)c1ccccc1. The van der Waals surface area contributed by atoms with Crippen LogP contribution in [0.4, 0.5) is 23.7 Å². The second-order valence-electron chi connectivity index (χ2n) is 6.60. The minimum Gasteiger partial charge on any atom is -0.368 e. The van der Waals surface area contributed by atoms with Crippen LogP contribution in [0.25, 0.3) is 0 Å². The molecule has 0 aliphatic carbocycles. The van der Waals surface area contributed by atoms with Crippen LogP contribution in [0.1, 0.15) is 24.1 Å². The van der Waals surface area contributed by atoms with Crippen LogP contribution in [0.2, 0.25) is 0 Å². The van der Waals surface area contributed by atoms with Gasteiger partial charge in [-0.05, 0) is 30.7 Å². The Morgan fingerprint density at radius 2 is 1.67 bits per heavy atom. The van der Waals surface area contributed by atoms with Crippen molar-refractivity contribution in [1.82, 2.24) is 10.2 Å². The van der Waals surface area contributed by atoms with Crippen LogP contribution >= 0.6 is 0 Å². The smallest absolute Gasteiger partial charge is 0.368 e. The quantitative estimate of drug-likeness (QED) is 0.866. The zero-order valence-electron chi connectivity index (χ0n) is 15.0. The number of piperazine rings is 1. The number of anilines is 1. The van der Waals surface area contributed by atoms with Crippen LogP contribution in [-0.2, 0) is 6.18 Å². The summed E-state index contributed by atoms with van der Waals surface area (Å²) >= 11 is 0. The Bertz CT molecular complexity index is 772. The topological polar surface area (TPSA) is 35.6 Å². The fourth-order valence-corrected chi connectivity index (χ4v) is 3.15. The van der Waals surface area contributed by atoms with Crippen molar-refractivity contribution >= 4 is 11.7 Å². The van der Waals surface area contributed by atoms with E-state index in [0.717, 1.165) is 17.7 Å². The summed E-state index contributed by atoms with van der Waals surface area (Å²) in [4.78, 5) is 16.0. The molecule has 1 N–H and O–H groups in total. The van der Waals surface area contributed by atoms with E-state index < -0.39 is 11.7 Å². The molecule has 0 aromatic heterocycles. The minimum absolute atomic E-state index is 0.111. The number of hydrogen-bond donors (Lipinski definition) is 1. The van der Waals surface area contributed by atoms with E-state index in [-0.39, 0.29) is 12.1 Å². The average Bonchev–Trinajstić information content (AvgIpc) is 2.68. The number of rotatable bonds is 3. The van der Waals surface area contributed by atoms with Gasteiger partial charge in [-0.2, -0.15) is 13.2 Å². The van der Waals surface area contributed by atoms with Gasteiger partial charge in [0.2, 0.25) is 0 Å². The highest BCUT2D eigenvalue weighted by atomic mass is 19.4. The van der Waals surface area contributed by atoms with E-state index in [9.17, 15) is 18.0 Å². The highest BCUT2D eigenvalue weighted by molar-refractivity contribution is 5.75. The molecule has 3 rings (SSSR count). The number of carbonyl (C=O) groups is 1. The lowest BCUT2D eigenvalue weighted by molar-refractivity contribution is -0.137. The van der Waals surface area contributed by atoms with Crippen molar-refractivity contribution in [2.75, 3.05) is 31.1 Å². The normalized spacial score (nSPS) is 16.1. The Labute approximate surface area is 156 Å². The monoisotopic (exact) mass is 377 g/mol. The fourth-order valence-electron chi connectivity index (χ4n) is 3.15. The van der Waals surface area contributed by atoms with Crippen molar-refractivity contribution < 1.29 is 18.0 Å². The molecule has 1 atom stereocenters. The Morgan fingerprint density at radius 3 is 2.30 bits per heavy atom. The van der Waals surface area contributed by atoms with Gasteiger partial charge in [-0.3, -0.25) is 0 Å². The average molecular weight is 377 g/mol. The lowest BCUT2D eigenvalue weighted by atomic mass is 10.1. The molecule has 0 radical (unpaired) electrons. The number of amides is 2. The number of benzene rings is 2. The maximum Gasteiger partial charge on any atom is 0.416 e. The lowest BCUT2D eigenvalue weighted by Gasteiger charge is -2.36.